The maximum Gasteiger partial charge on any atom is 0.257 e. The number of carbonyl (C=O) groups excluding carboxylic acids is 1. The Balaban J connectivity index is 2.94. The number of aromatic amines is 1. The number of aryl methyl sites for hydroxylation is 1. The van der Waals surface area contributed by atoms with Crippen molar-refractivity contribution < 1.29 is 4.79 Å². The molecular formula is C11H15BrN2O2. The second kappa shape index (κ2) is 4.82. The molecule has 0 aliphatic rings. The van der Waals surface area contributed by atoms with Crippen LogP contribution in [0.2, 0.25) is 0 Å². The summed E-state index contributed by atoms with van der Waals surface area (Å²) >= 11 is 3.30. The number of amides is 1. The zero-order valence-electron chi connectivity index (χ0n) is 9.56. The predicted molar refractivity (Wildman–Crippen MR) is 67.1 cm³/mol. The Hall–Kier alpha value is -1.10. The van der Waals surface area contributed by atoms with Crippen molar-refractivity contribution in [1.29, 1.82) is 0 Å². The van der Waals surface area contributed by atoms with E-state index in [1.54, 1.807) is 6.92 Å². The predicted octanol–water partition coefficient (Wildman–Crippen LogP) is 1.59. The minimum absolute atomic E-state index is 0.139. The van der Waals surface area contributed by atoms with Gasteiger partial charge < -0.3 is 10.3 Å². The molecule has 1 rings (SSSR count). The van der Waals surface area contributed by atoms with E-state index in [1.807, 2.05) is 13.8 Å². The highest BCUT2D eigenvalue weighted by Crippen LogP contribution is 2.07. The minimum atomic E-state index is -0.381. The number of hydrogen-bond donors (Lipinski definition) is 2. The fourth-order valence-corrected chi connectivity index (χ4v) is 1.30. The van der Waals surface area contributed by atoms with Gasteiger partial charge in [0.25, 0.3) is 5.91 Å². The zero-order valence-corrected chi connectivity index (χ0v) is 11.1. The van der Waals surface area contributed by atoms with Crippen LogP contribution >= 0.6 is 15.9 Å². The molecule has 5 heteroatoms. The Morgan fingerprint density at radius 3 is 2.69 bits per heavy atom. The van der Waals surface area contributed by atoms with Crippen LogP contribution in [0.4, 0.5) is 0 Å². The standard InChI is InChI=1S/C11H15BrN2O2/c1-7-4-9(15)8(5-13-7)10(16)14-11(2,3)6-12/h4-5H,6H2,1-3H3,(H,13,15)(H,14,16). The van der Waals surface area contributed by atoms with Crippen molar-refractivity contribution >= 4 is 21.8 Å². The van der Waals surface area contributed by atoms with E-state index in [1.165, 1.54) is 12.3 Å². The molecule has 4 nitrogen and oxygen atoms in total. The van der Waals surface area contributed by atoms with Crippen LogP contribution in [0.25, 0.3) is 0 Å². The Morgan fingerprint density at radius 2 is 2.19 bits per heavy atom. The quantitative estimate of drug-likeness (QED) is 0.829. The molecule has 0 fully saturated rings. The molecule has 1 aromatic rings. The molecule has 0 saturated carbocycles. The molecule has 1 amide bonds. The van der Waals surface area contributed by atoms with Gasteiger partial charge in [-0.15, -0.1) is 0 Å². The van der Waals surface area contributed by atoms with Crippen molar-refractivity contribution in [2.75, 3.05) is 5.33 Å². The molecule has 2 N–H and O–H groups in total. The van der Waals surface area contributed by atoms with Gasteiger partial charge in [0.1, 0.15) is 5.56 Å². The molecule has 0 saturated heterocycles. The lowest BCUT2D eigenvalue weighted by Gasteiger charge is -2.23. The summed E-state index contributed by atoms with van der Waals surface area (Å²) in [4.78, 5) is 26.2. The summed E-state index contributed by atoms with van der Waals surface area (Å²) in [5.74, 6) is -0.356. The van der Waals surface area contributed by atoms with Gasteiger partial charge in [-0.25, -0.2) is 0 Å². The second-order valence-corrected chi connectivity index (χ2v) is 4.93. The fraction of sp³-hybridized carbons (Fsp3) is 0.455. The molecule has 0 aliphatic heterocycles. The molecule has 0 aromatic carbocycles. The van der Waals surface area contributed by atoms with E-state index in [2.05, 4.69) is 26.2 Å². The molecule has 1 heterocycles. The second-order valence-electron chi connectivity index (χ2n) is 4.37. The van der Waals surface area contributed by atoms with Crippen molar-refractivity contribution in [3.05, 3.63) is 33.7 Å². The topological polar surface area (TPSA) is 62.0 Å². The van der Waals surface area contributed by atoms with Gasteiger partial charge in [0.05, 0.1) is 0 Å². The first-order valence-electron chi connectivity index (χ1n) is 4.93. The molecule has 0 bridgehead atoms. The van der Waals surface area contributed by atoms with Crippen LogP contribution in [-0.4, -0.2) is 21.8 Å². The molecule has 0 aliphatic carbocycles. The Labute approximate surface area is 103 Å². The Morgan fingerprint density at radius 1 is 1.56 bits per heavy atom. The van der Waals surface area contributed by atoms with Crippen LogP contribution in [0.5, 0.6) is 0 Å². The molecule has 0 spiro atoms. The van der Waals surface area contributed by atoms with Gasteiger partial charge in [0.2, 0.25) is 0 Å². The first-order valence-corrected chi connectivity index (χ1v) is 6.06. The van der Waals surface area contributed by atoms with Gasteiger partial charge in [-0.1, -0.05) is 15.9 Å². The Kier molecular flexibility index (Phi) is 3.91. The third-order valence-electron chi connectivity index (χ3n) is 2.09. The minimum Gasteiger partial charge on any atom is -0.364 e. The van der Waals surface area contributed by atoms with Gasteiger partial charge in [0, 0.05) is 28.8 Å². The van der Waals surface area contributed by atoms with Crippen LogP contribution < -0.4 is 10.7 Å². The third kappa shape index (κ3) is 3.20. The van der Waals surface area contributed by atoms with E-state index in [4.69, 9.17) is 0 Å². The SMILES string of the molecule is Cc1cc(=O)c(C(=O)NC(C)(C)CBr)c[nH]1. The van der Waals surface area contributed by atoms with E-state index in [-0.39, 0.29) is 22.4 Å². The summed E-state index contributed by atoms with van der Waals surface area (Å²) in [5.41, 5.74) is 0.231. The van der Waals surface area contributed by atoms with E-state index in [9.17, 15) is 9.59 Å². The maximum absolute atomic E-state index is 11.8. The summed E-state index contributed by atoms with van der Waals surface area (Å²) < 4.78 is 0. The largest absolute Gasteiger partial charge is 0.364 e. The summed E-state index contributed by atoms with van der Waals surface area (Å²) in [5, 5.41) is 3.40. The van der Waals surface area contributed by atoms with E-state index >= 15 is 0 Å². The van der Waals surface area contributed by atoms with Crippen molar-refractivity contribution in [2.45, 2.75) is 26.3 Å². The van der Waals surface area contributed by atoms with Crippen molar-refractivity contribution in [1.82, 2.24) is 10.3 Å². The van der Waals surface area contributed by atoms with Gasteiger partial charge in [-0.3, -0.25) is 9.59 Å². The molecule has 16 heavy (non-hydrogen) atoms. The average Bonchev–Trinajstić information content (AvgIpc) is 2.16. The highest BCUT2D eigenvalue weighted by molar-refractivity contribution is 9.09. The summed E-state index contributed by atoms with van der Waals surface area (Å²) in [6.45, 7) is 5.52. The number of pyridine rings is 1. The number of alkyl halides is 1. The fourth-order valence-electron chi connectivity index (χ4n) is 1.16. The lowest BCUT2D eigenvalue weighted by molar-refractivity contribution is 0.0920. The van der Waals surface area contributed by atoms with Crippen molar-refractivity contribution in [2.24, 2.45) is 0 Å². The molecule has 88 valence electrons. The van der Waals surface area contributed by atoms with Gasteiger partial charge in [-0.2, -0.15) is 0 Å². The van der Waals surface area contributed by atoms with Crippen molar-refractivity contribution in [3.8, 4) is 0 Å². The van der Waals surface area contributed by atoms with Gasteiger partial charge >= 0.3 is 0 Å². The van der Waals surface area contributed by atoms with Crippen LogP contribution in [0, 0.1) is 6.92 Å². The van der Waals surface area contributed by atoms with Crippen LogP contribution in [0.1, 0.15) is 29.9 Å². The number of carbonyl (C=O) groups is 1. The van der Waals surface area contributed by atoms with Crippen LogP contribution in [-0.2, 0) is 0 Å². The monoisotopic (exact) mass is 286 g/mol. The molecule has 0 radical (unpaired) electrons. The average molecular weight is 287 g/mol. The van der Waals surface area contributed by atoms with Gasteiger partial charge in [-0.05, 0) is 20.8 Å². The summed E-state index contributed by atoms with van der Waals surface area (Å²) in [6.07, 6.45) is 1.44. The number of nitrogens with one attached hydrogen (secondary N) is 2. The third-order valence-corrected chi connectivity index (χ3v) is 3.49. The van der Waals surface area contributed by atoms with E-state index < -0.39 is 0 Å². The Bertz CT molecular complexity index is 452. The highest BCUT2D eigenvalue weighted by Gasteiger charge is 2.21. The number of rotatable bonds is 3. The number of hydrogen-bond acceptors (Lipinski definition) is 2. The van der Waals surface area contributed by atoms with Crippen LogP contribution in [0.3, 0.4) is 0 Å². The zero-order chi connectivity index (χ0) is 12.3. The highest BCUT2D eigenvalue weighted by atomic mass is 79.9. The number of halogens is 1. The van der Waals surface area contributed by atoms with Crippen LogP contribution in [0.15, 0.2) is 17.1 Å². The molecule has 0 atom stereocenters. The van der Waals surface area contributed by atoms with Gasteiger partial charge in [0.15, 0.2) is 5.43 Å². The van der Waals surface area contributed by atoms with Crippen molar-refractivity contribution in [3.63, 3.8) is 0 Å². The normalized spacial score (nSPS) is 11.2. The molecular weight excluding hydrogens is 272 g/mol. The lowest BCUT2D eigenvalue weighted by Crippen LogP contribution is -2.46. The number of H-pyrrole nitrogens is 1. The van der Waals surface area contributed by atoms with E-state index in [0.717, 1.165) is 5.69 Å². The maximum atomic E-state index is 11.8. The molecule has 1 aromatic heterocycles. The lowest BCUT2D eigenvalue weighted by atomic mass is 10.1. The summed E-state index contributed by atoms with van der Waals surface area (Å²) in [6, 6.07) is 1.41. The smallest absolute Gasteiger partial charge is 0.257 e. The molecule has 0 unspecified atom stereocenters. The first-order chi connectivity index (χ1) is 7.35. The number of aromatic nitrogens is 1. The summed E-state index contributed by atoms with van der Waals surface area (Å²) in [7, 11) is 0. The first kappa shape index (κ1) is 13.0. The van der Waals surface area contributed by atoms with E-state index in [0.29, 0.717) is 5.33 Å².